The molecule has 1 unspecified atom stereocenters. The van der Waals surface area contributed by atoms with E-state index in [4.69, 9.17) is 0 Å². The van der Waals surface area contributed by atoms with Crippen LogP contribution >= 0.6 is 15.9 Å². The summed E-state index contributed by atoms with van der Waals surface area (Å²) in [5.74, 6) is 0.681. The summed E-state index contributed by atoms with van der Waals surface area (Å²) in [6, 6.07) is 0. The number of nitrogens with zero attached hydrogens (tertiary/aromatic N) is 2. The molecule has 1 N–H and O–H groups in total. The molecule has 1 aromatic heterocycles. The van der Waals surface area contributed by atoms with Crippen molar-refractivity contribution >= 4 is 21.6 Å². The lowest BCUT2D eigenvalue weighted by molar-refractivity contribution is 0.572. The molecule has 0 aliphatic heterocycles. The predicted octanol–water partition coefficient (Wildman–Crippen LogP) is 2.65. The summed E-state index contributed by atoms with van der Waals surface area (Å²) in [6.07, 6.45) is 4.57. The van der Waals surface area contributed by atoms with E-state index >= 15 is 0 Å². The molecule has 1 fully saturated rings. The minimum Gasteiger partial charge on any atom is -0.382 e. The summed E-state index contributed by atoms with van der Waals surface area (Å²) < 4.78 is 1.92. The highest BCUT2D eigenvalue weighted by atomic mass is 79.9. The lowest BCUT2D eigenvalue weighted by Crippen LogP contribution is -2.24. The van der Waals surface area contributed by atoms with Gasteiger partial charge in [-0.2, -0.15) is 5.10 Å². The zero-order valence-electron chi connectivity index (χ0n) is 10.7. The molecule has 4 nitrogen and oxygen atoms in total. The minimum atomic E-state index is -0.130. The molecule has 1 atom stereocenters. The van der Waals surface area contributed by atoms with Crippen LogP contribution in [-0.4, -0.2) is 16.3 Å². The van der Waals surface area contributed by atoms with E-state index in [1.807, 2.05) is 0 Å². The van der Waals surface area contributed by atoms with Gasteiger partial charge in [0.1, 0.15) is 4.47 Å². The van der Waals surface area contributed by atoms with Crippen molar-refractivity contribution in [1.82, 2.24) is 9.78 Å². The molecule has 18 heavy (non-hydrogen) atoms. The molecule has 1 aliphatic carbocycles. The van der Waals surface area contributed by atoms with Gasteiger partial charge in [0.25, 0.3) is 5.56 Å². The summed E-state index contributed by atoms with van der Waals surface area (Å²) in [6.45, 7) is 9.43. The van der Waals surface area contributed by atoms with E-state index in [-0.39, 0.29) is 5.56 Å². The third-order valence-corrected chi connectivity index (χ3v) is 4.31. The van der Waals surface area contributed by atoms with Crippen molar-refractivity contribution in [3.8, 4) is 0 Å². The number of anilines is 1. The first-order valence-corrected chi connectivity index (χ1v) is 6.85. The quantitative estimate of drug-likeness (QED) is 0.850. The molecular weight excluding hydrogens is 294 g/mol. The first kappa shape index (κ1) is 13.3. The van der Waals surface area contributed by atoms with Crippen molar-refractivity contribution in [2.75, 3.05) is 11.9 Å². The average Bonchev–Trinajstić information content (AvgIpc) is 2.92. The van der Waals surface area contributed by atoms with E-state index in [1.54, 1.807) is 12.3 Å². The number of allylic oxidation sites excluding steroid dienone is 1. The van der Waals surface area contributed by atoms with E-state index < -0.39 is 0 Å². The van der Waals surface area contributed by atoms with Crippen molar-refractivity contribution in [3.63, 3.8) is 0 Å². The fraction of sp³-hybridized carbons (Fsp3) is 0.538. The van der Waals surface area contributed by atoms with Crippen LogP contribution in [0.5, 0.6) is 0 Å². The van der Waals surface area contributed by atoms with Crippen molar-refractivity contribution in [1.29, 1.82) is 0 Å². The van der Waals surface area contributed by atoms with Gasteiger partial charge in [0, 0.05) is 6.54 Å². The number of hydrogen-bond acceptors (Lipinski definition) is 3. The topological polar surface area (TPSA) is 46.9 Å². The maximum absolute atomic E-state index is 11.9. The Kier molecular flexibility index (Phi) is 3.61. The van der Waals surface area contributed by atoms with Gasteiger partial charge in [-0.05, 0) is 33.7 Å². The fourth-order valence-electron chi connectivity index (χ4n) is 2.00. The molecule has 0 aromatic carbocycles. The van der Waals surface area contributed by atoms with Crippen molar-refractivity contribution in [2.45, 2.75) is 26.8 Å². The van der Waals surface area contributed by atoms with Crippen LogP contribution in [0.1, 0.15) is 20.3 Å². The molecule has 0 saturated heterocycles. The third-order valence-electron chi connectivity index (χ3n) is 3.54. The first-order chi connectivity index (χ1) is 8.45. The number of halogens is 1. The first-order valence-electron chi connectivity index (χ1n) is 6.06. The number of nitrogens with one attached hydrogen (secondary N) is 1. The van der Waals surface area contributed by atoms with Gasteiger partial charge in [0.2, 0.25) is 0 Å². The molecule has 1 saturated carbocycles. The maximum atomic E-state index is 11.9. The summed E-state index contributed by atoms with van der Waals surface area (Å²) in [7, 11) is 0. The molecule has 1 heterocycles. The maximum Gasteiger partial charge on any atom is 0.283 e. The van der Waals surface area contributed by atoms with E-state index in [2.05, 4.69) is 46.8 Å². The van der Waals surface area contributed by atoms with Crippen LogP contribution in [0.25, 0.3) is 0 Å². The molecular formula is C13H18BrN3O. The second-order valence-electron chi connectivity index (χ2n) is 5.42. The second-order valence-corrected chi connectivity index (χ2v) is 6.21. The van der Waals surface area contributed by atoms with Gasteiger partial charge in [-0.3, -0.25) is 4.79 Å². The number of aromatic nitrogens is 2. The molecule has 2 rings (SSSR count). The van der Waals surface area contributed by atoms with E-state index in [9.17, 15) is 4.79 Å². The van der Waals surface area contributed by atoms with Gasteiger partial charge in [-0.25, -0.2) is 4.68 Å². The van der Waals surface area contributed by atoms with Crippen LogP contribution in [0.15, 0.2) is 28.1 Å². The summed E-state index contributed by atoms with van der Waals surface area (Å²) in [5.41, 5.74) is 1.07. The highest BCUT2D eigenvalue weighted by molar-refractivity contribution is 9.10. The van der Waals surface area contributed by atoms with Crippen LogP contribution in [0, 0.1) is 11.3 Å². The fourth-order valence-corrected chi connectivity index (χ4v) is 2.45. The molecule has 0 spiro atoms. The van der Waals surface area contributed by atoms with E-state index in [0.29, 0.717) is 22.4 Å². The monoisotopic (exact) mass is 311 g/mol. The van der Waals surface area contributed by atoms with Gasteiger partial charge in [-0.1, -0.05) is 19.9 Å². The SMILES string of the molecule is C=CCn1ncc(NCC2CC2(C)C)c(Br)c1=O. The van der Waals surface area contributed by atoms with Gasteiger partial charge in [0.05, 0.1) is 18.4 Å². The van der Waals surface area contributed by atoms with Gasteiger partial charge in [-0.15, -0.1) is 6.58 Å². The Bertz CT molecular complexity index is 521. The Morgan fingerprint density at radius 1 is 1.72 bits per heavy atom. The average molecular weight is 312 g/mol. The Morgan fingerprint density at radius 2 is 2.39 bits per heavy atom. The Morgan fingerprint density at radius 3 is 2.94 bits per heavy atom. The lowest BCUT2D eigenvalue weighted by atomic mass is 10.1. The Labute approximate surface area is 115 Å². The van der Waals surface area contributed by atoms with Crippen molar-refractivity contribution < 1.29 is 0 Å². The normalized spacial score (nSPS) is 20.5. The van der Waals surface area contributed by atoms with Gasteiger partial charge in [0.15, 0.2) is 0 Å². The Hall–Kier alpha value is -1.10. The highest BCUT2D eigenvalue weighted by Crippen LogP contribution is 2.51. The predicted molar refractivity (Wildman–Crippen MR) is 76.8 cm³/mol. The molecule has 1 aromatic rings. The smallest absolute Gasteiger partial charge is 0.283 e. The molecule has 98 valence electrons. The zero-order valence-corrected chi connectivity index (χ0v) is 12.3. The lowest BCUT2D eigenvalue weighted by Gasteiger charge is -2.10. The zero-order chi connectivity index (χ0) is 13.3. The molecule has 0 amide bonds. The standard InChI is InChI=1S/C13H18BrN3O/c1-4-5-17-12(18)11(14)10(8-16-17)15-7-9-6-13(9,2)3/h4,8-9,15H,1,5-7H2,2-3H3. The van der Waals surface area contributed by atoms with E-state index in [1.165, 1.54) is 11.1 Å². The van der Waals surface area contributed by atoms with Crippen molar-refractivity contribution in [3.05, 3.63) is 33.7 Å². The number of hydrogen-bond donors (Lipinski definition) is 1. The summed E-state index contributed by atoms with van der Waals surface area (Å²) in [4.78, 5) is 11.9. The van der Waals surface area contributed by atoms with Gasteiger partial charge < -0.3 is 5.32 Å². The molecule has 0 bridgehead atoms. The van der Waals surface area contributed by atoms with E-state index in [0.717, 1.165) is 12.2 Å². The highest BCUT2D eigenvalue weighted by Gasteiger charge is 2.45. The van der Waals surface area contributed by atoms with Crippen LogP contribution in [0.2, 0.25) is 0 Å². The Balaban J connectivity index is 2.08. The number of rotatable bonds is 5. The third kappa shape index (κ3) is 2.66. The van der Waals surface area contributed by atoms with Crippen LogP contribution in [0.4, 0.5) is 5.69 Å². The van der Waals surface area contributed by atoms with Crippen LogP contribution in [0.3, 0.4) is 0 Å². The summed E-state index contributed by atoms with van der Waals surface area (Å²) in [5, 5.41) is 7.40. The molecule has 1 aliphatic rings. The largest absolute Gasteiger partial charge is 0.382 e. The minimum absolute atomic E-state index is 0.130. The summed E-state index contributed by atoms with van der Waals surface area (Å²) >= 11 is 3.33. The van der Waals surface area contributed by atoms with Crippen LogP contribution in [-0.2, 0) is 6.54 Å². The van der Waals surface area contributed by atoms with Crippen LogP contribution < -0.4 is 10.9 Å². The van der Waals surface area contributed by atoms with Gasteiger partial charge >= 0.3 is 0 Å². The van der Waals surface area contributed by atoms with Crippen molar-refractivity contribution in [2.24, 2.45) is 11.3 Å². The molecule has 0 radical (unpaired) electrons. The molecule has 5 heteroatoms. The second kappa shape index (κ2) is 4.88.